The van der Waals surface area contributed by atoms with Gasteiger partial charge in [-0.2, -0.15) is 9.67 Å². The van der Waals surface area contributed by atoms with Crippen LogP contribution in [0.15, 0.2) is 53.3 Å². The van der Waals surface area contributed by atoms with Crippen molar-refractivity contribution in [2.45, 2.75) is 19.6 Å². The number of fused-ring (bicyclic) bond motifs is 1. The molecule has 0 bridgehead atoms. The maximum atomic E-state index is 13.1. The SMILES string of the molecule is COc1ccccc1CNC(=O)Cn1nc2n(c1=O)C(=O)N(c1ccc(F)cc1)C2. The molecule has 10 heteroatoms. The van der Waals surface area contributed by atoms with Crippen LogP contribution in [0.2, 0.25) is 0 Å². The van der Waals surface area contributed by atoms with Crippen molar-refractivity contribution in [3.8, 4) is 5.75 Å². The summed E-state index contributed by atoms with van der Waals surface area (Å²) in [5.74, 6) is 0.00140. The standard InChI is InChI=1S/C20H18FN5O4/c1-30-16-5-3-2-4-13(16)10-22-18(27)12-25-20(29)26-17(23-25)11-24(19(26)28)15-8-6-14(21)7-9-15/h2-9H,10-12H2,1H3,(H,22,27). The molecule has 0 atom stereocenters. The van der Waals surface area contributed by atoms with Crippen LogP contribution in [0.3, 0.4) is 0 Å². The maximum absolute atomic E-state index is 13.1. The second-order valence-corrected chi connectivity index (χ2v) is 6.63. The van der Waals surface area contributed by atoms with Gasteiger partial charge in [-0.05, 0) is 30.3 Å². The third-order valence-electron chi connectivity index (χ3n) is 4.73. The molecular weight excluding hydrogens is 393 g/mol. The van der Waals surface area contributed by atoms with E-state index in [1.165, 1.54) is 29.2 Å². The van der Waals surface area contributed by atoms with Crippen LogP contribution in [0.5, 0.6) is 5.75 Å². The normalized spacial score (nSPS) is 12.7. The van der Waals surface area contributed by atoms with Crippen LogP contribution >= 0.6 is 0 Å². The Hall–Kier alpha value is -3.95. The molecule has 154 valence electrons. The lowest BCUT2D eigenvalue weighted by atomic mass is 10.2. The summed E-state index contributed by atoms with van der Waals surface area (Å²) in [5.41, 5.74) is 0.539. The number of rotatable bonds is 6. The number of carbonyl (C=O) groups is 2. The summed E-state index contributed by atoms with van der Waals surface area (Å²) in [5, 5.41) is 6.81. The van der Waals surface area contributed by atoms with Gasteiger partial charge < -0.3 is 10.1 Å². The van der Waals surface area contributed by atoms with Crippen LogP contribution in [0.1, 0.15) is 11.4 Å². The zero-order chi connectivity index (χ0) is 21.3. The molecule has 2 amide bonds. The molecule has 2 heterocycles. The Labute approximate surface area is 170 Å². The smallest absolute Gasteiger partial charge is 0.354 e. The Balaban J connectivity index is 1.44. The van der Waals surface area contributed by atoms with E-state index >= 15 is 0 Å². The first-order chi connectivity index (χ1) is 14.5. The molecule has 9 nitrogen and oxygen atoms in total. The first kappa shape index (κ1) is 19.4. The zero-order valence-corrected chi connectivity index (χ0v) is 16.0. The molecule has 0 saturated carbocycles. The van der Waals surface area contributed by atoms with Gasteiger partial charge >= 0.3 is 11.7 Å². The molecule has 1 aliphatic heterocycles. The van der Waals surface area contributed by atoms with Gasteiger partial charge in [-0.1, -0.05) is 18.2 Å². The summed E-state index contributed by atoms with van der Waals surface area (Å²) >= 11 is 0. The fraction of sp³-hybridized carbons (Fsp3) is 0.200. The van der Waals surface area contributed by atoms with Crippen molar-refractivity contribution in [2.24, 2.45) is 0 Å². The molecule has 4 rings (SSSR count). The van der Waals surface area contributed by atoms with E-state index in [1.807, 2.05) is 18.2 Å². The lowest BCUT2D eigenvalue weighted by molar-refractivity contribution is -0.122. The van der Waals surface area contributed by atoms with Crippen molar-refractivity contribution >= 4 is 17.6 Å². The second kappa shape index (κ2) is 7.82. The number of nitrogens with zero attached hydrogens (tertiary/aromatic N) is 4. The fourth-order valence-electron chi connectivity index (χ4n) is 3.24. The van der Waals surface area contributed by atoms with Gasteiger partial charge in [-0.15, -0.1) is 0 Å². The van der Waals surface area contributed by atoms with E-state index in [0.29, 0.717) is 11.4 Å². The molecule has 1 aliphatic rings. The summed E-state index contributed by atoms with van der Waals surface area (Å²) in [6.45, 7) is -0.0458. The number of ether oxygens (including phenoxy) is 1. The lowest BCUT2D eigenvalue weighted by Crippen LogP contribution is -2.37. The summed E-state index contributed by atoms with van der Waals surface area (Å²) in [6, 6.07) is 12.0. The topological polar surface area (TPSA) is 98.5 Å². The molecule has 30 heavy (non-hydrogen) atoms. The number of hydrogen-bond acceptors (Lipinski definition) is 5. The predicted molar refractivity (Wildman–Crippen MR) is 105 cm³/mol. The van der Waals surface area contributed by atoms with Crippen LogP contribution in [0, 0.1) is 5.82 Å². The second-order valence-electron chi connectivity index (χ2n) is 6.63. The Morgan fingerprint density at radius 1 is 1.17 bits per heavy atom. The minimum Gasteiger partial charge on any atom is -0.496 e. The average Bonchev–Trinajstić information content (AvgIpc) is 3.23. The first-order valence-corrected chi connectivity index (χ1v) is 9.12. The van der Waals surface area contributed by atoms with Gasteiger partial charge in [-0.3, -0.25) is 9.69 Å². The van der Waals surface area contributed by atoms with Gasteiger partial charge in [0, 0.05) is 17.8 Å². The molecule has 0 spiro atoms. The van der Waals surface area contributed by atoms with Crippen LogP contribution < -0.4 is 20.6 Å². The number of para-hydroxylation sites is 1. The molecule has 0 fully saturated rings. The van der Waals surface area contributed by atoms with E-state index in [9.17, 15) is 18.8 Å². The molecule has 1 aromatic heterocycles. The quantitative estimate of drug-likeness (QED) is 0.663. The lowest BCUT2D eigenvalue weighted by Gasteiger charge is -2.14. The average molecular weight is 411 g/mol. The van der Waals surface area contributed by atoms with Crippen molar-refractivity contribution in [3.05, 3.63) is 76.2 Å². The van der Waals surface area contributed by atoms with E-state index in [2.05, 4.69) is 10.4 Å². The molecule has 1 N–H and O–H groups in total. The van der Waals surface area contributed by atoms with Gasteiger partial charge in [0.15, 0.2) is 5.82 Å². The summed E-state index contributed by atoms with van der Waals surface area (Å²) < 4.78 is 20.2. The molecule has 3 aromatic rings. The Bertz CT molecular complexity index is 1170. The largest absolute Gasteiger partial charge is 0.496 e. The fourth-order valence-corrected chi connectivity index (χ4v) is 3.24. The van der Waals surface area contributed by atoms with E-state index in [-0.39, 0.29) is 25.5 Å². The van der Waals surface area contributed by atoms with Crippen molar-refractivity contribution in [3.63, 3.8) is 0 Å². The summed E-state index contributed by atoms with van der Waals surface area (Å²) in [4.78, 5) is 38.8. The van der Waals surface area contributed by atoms with Gasteiger partial charge in [0.25, 0.3) is 0 Å². The minimum atomic E-state index is -0.702. The number of aromatic nitrogens is 3. The van der Waals surface area contributed by atoms with Crippen LogP contribution in [0.4, 0.5) is 14.9 Å². The first-order valence-electron chi connectivity index (χ1n) is 9.12. The predicted octanol–water partition coefficient (Wildman–Crippen LogP) is 1.50. The molecular formula is C20H18FN5O4. The highest BCUT2D eigenvalue weighted by molar-refractivity contribution is 5.96. The highest BCUT2D eigenvalue weighted by Gasteiger charge is 2.33. The number of methoxy groups -OCH3 is 1. The molecule has 0 unspecified atom stereocenters. The van der Waals surface area contributed by atoms with Gasteiger partial charge in [0.1, 0.15) is 18.1 Å². The van der Waals surface area contributed by atoms with E-state index < -0.39 is 23.4 Å². The van der Waals surface area contributed by atoms with Gasteiger partial charge in [0.2, 0.25) is 5.91 Å². The maximum Gasteiger partial charge on any atom is 0.354 e. The zero-order valence-electron chi connectivity index (χ0n) is 16.0. The highest BCUT2D eigenvalue weighted by Crippen LogP contribution is 2.22. The third kappa shape index (κ3) is 3.54. The van der Waals surface area contributed by atoms with Crippen molar-refractivity contribution in [1.82, 2.24) is 19.7 Å². The number of nitrogens with one attached hydrogen (secondary N) is 1. The van der Waals surface area contributed by atoms with E-state index in [4.69, 9.17) is 4.74 Å². The van der Waals surface area contributed by atoms with Crippen LogP contribution in [0.25, 0.3) is 0 Å². The summed E-state index contributed by atoms with van der Waals surface area (Å²) in [7, 11) is 1.54. The minimum absolute atomic E-state index is 0.0511. The van der Waals surface area contributed by atoms with Gasteiger partial charge in [-0.25, -0.2) is 18.7 Å². The molecule has 2 aromatic carbocycles. The van der Waals surface area contributed by atoms with Crippen LogP contribution in [-0.4, -0.2) is 33.4 Å². The third-order valence-corrected chi connectivity index (χ3v) is 4.73. The summed E-state index contributed by atoms with van der Waals surface area (Å²) in [6.07, 6.45) is 0. The molecule has 0 radical (unpaired) electrons. The van der Waals surface area contributed by atoms with Crippen LogP contribution in [-0.2, 0) is 24.4 Å². The molecule has 0 saturated heterocycles. The number of carbonyl (C=O) groups excluding carboxylic acids is 2. The number of benzene rings is 2. The molecule has 0 aliphatic carbocycles. The highest BCUT2D eigenvalue weighted by atomic mass is 19.1. The van der Waals surface area contributed by atoms with Gasteiger partial charge in [0.05, 0.1) is 13.7 Å². The van der Waals surface area contributed by atoms with E-state index in [0.717, 1.165) is 14.8 Å². The van der Waals surface area contributed by atoms with Crippen molar-refractivity contribution in [2.75, 3.05) is 12.0 Å². The Kier molecular flexibility index (Phi) is 5.05. The van der Waals surface area contributed by atoms with E-state index in [1.54, 1.807) is 13.2 Å². The Morgan fingerprint density at radius 2 is 1.90 bits per heavy atom. The monoisotopic (exact) mass is 411 g/mol. The number of halogens is 1. The Morgan fingerprint density at radius 3 is 2.60 bits per heavy atom. The number of amides is 2. The number of anilines is 1. The number of hydrogen-bond donors (Lipinski definition) is 1. The van der Waals surface area contributed by atoms with Crippen molar-refractivity contribution in [1.29, 1.82) is 0 Å². The van der Waals surface area contributed by atoms with Crippen molar-refractivity contribution < 1.29 is 18.7 Å².